The number of carbonyl (C=O) groups is 1. The summed E-state index contributed by atoms with van der Waals surface area (Å²) in [6.07, 6.45) is 0. The van der Waals surface area contributed by atoms with Crippen molar-refractivity contribution in [3.05, 3.63) is 22.2 Å². The topological polar surface area (TPSA) is 76.2 Å². The molecule has 120 valence electrons. The average Bonchev–Trinajstić information content (AvgIpc) is 3.04. The zero-order valence-electron chi connectivity index (χ0n) is 13.3. The molecule has 2 heterocycles. The van der Waals surface area contributed by atoms with Gasteiger partial charge in [-0.1, -0.05) is 0 Å². The number of aryl methyl sites for hydroxylation is 1. The Kier molecular flexibility index (Phi) is 5.57. The molecule has 22 heavy (non-hydrogen) atoms. The molecule has 2 rings (SSSR count). The molecule has 0 aliphatic heterocycles. The number of rotatable bonds is 7. The lowest BCUT2D eigenvalue weighted by Gasteiger charge is -2.02. The van der Waals surface area contributed by atoms with Crippen molar-refractivity contribution in [3.8, 4) is 11.4 Å². The van der Waals surface area contributed by atoms with Crippen LogP contribution in [0.15, 0.2) is 5.38 Å². The third-order valence-corrected chi connectivity index (χ3v) is 4.06. The fourth-order valence-electron chi connectivity index (χ4n) is 2.25. The Bertz CT molecular complexity index is 648. The molecular weight excluding hydrogens is 302 g/mol. The summed E-state index contributed by atoms with van der Waals surface area (Å²) >= 11 is 1.52. The van der Waals surface area contributed by atoms with Crippen molar-refractivity contribution in [2.24, 2.45) is 0 Å². The van der Waals surface area contributed by atoms with Crippen LogP contribution in [-0.4, -0.2) is 42.8 Å². The first-order valence-electron chi connectivity index (χ1n) is 7.13. The lowest BCUT2D eigenvalue weighted by molar-refractivity contribution is 0.0525. The van der Waals surface area contributed by atoms with Gasteiger partial charge >= 0.3 is 5.97 Å². The summed E-state index contributed by atoms with van der Waals surface area (Å²) in [6.45, 7) is 7.27. The highest BCUT2D eigenvalue weighted by atomic mass is 32.1. The Balaban J connectivity index is 2.23. The number of esters is 1. The van der Waals surface area contributed by atoms with Crippen LogP contribution in [0.3, 0.4) is 0 Å². The summed E-state index contributed by atoms with van der Waals surface area (Å²) in [5, 5.41) is 5.99. The SMILES string of the molecule is CCOC(=O)c1c(C)[nH]c(-c2csc(NCCOC)n2)c1C. The van der Waals surface area contributed by atoms with Gasteiger partial charge in [0.25, 0.3) is 0 Å². The molecule has 0 radical (unpaired) electrons. The van der Waals surface area contributed by atoms with E-state index in [4.69, 9.17) is 9.47 Å². The van der Waals surface area contributed by atoms with Gasteiger partial charge in [-0.2, -0.15) is 0 Å². The molecule has 0 amide bonds. The van der Waals surface area contributed by atoms with Crippen molar-refractivity contribution in [1.82, 2.24) is 9.97 Å². The molecule has 2 N–H and O–H groups in total. The molecule has 0 saturated carbocycles. The Morgan fingerprint density at radius 1 is 1.45 bits per heavy atom. The molecule has 2 aromatic rings. The number of aromatic nitrogens is 2. The van der Waals surface area contributed by atoms with E-state index in [-0.39, 0.29) is 5.97 Å². The first-order valence-corrected chi connectivity index (χ1v) is 8.01. The van der Waals surface area contributed by atoms with Gasteiger partial charge in [0, 0.05) is 24.7 Å². The van der Waals surface area contributed by atoms with Crippen LogP contribution in [0, 0.1) is 13.8 Å². The van der Waals surface area contributed by atoms with Crippen LogP contribution in [0.5, 0.6) is 0 Å². The predicted octanol–water partition coefficient (Wildman–Crippen LogP) is 2.99. The van der Waals surface area contributed by atoms with Crippen LogP contribution in [0.1, 0.15) is 28.5 Å². The number of nitrogens with zero attached hydrogens (tertiary/aromatic N) is 1. The lowest BCUT2D eigenvalue weighted by atomic mass is 10.1. The molecule has 0 atom stereocenters. The van der Waals surface area contributed by atoms with Crippen LogP contribution in [-0.2, 0) is 9.47 Å². The fourth-order valence-corrected chi connectivity index (χ4v) is 2.98. The number of H-pyrrole nitrogens is 1. The number of hydrogen-bond donors (Lipinski definition) is 2. The molecular formula is C15H21N3O3S. The zero-order valence-corrected chi connectivity index (χ0v) is 14.1. The van der Waals surface area contributed by atoms with Crippen molar-refractivity contribution in [2.75, 3.05) is 32.2 Å². The smallest absolute Gasteiger partial charge is 0.340 e. The number of methoxy groups -OCH3 is 1. The van der Waals surface area contributed by atoms with Crippen molar-refractivity contribution >= 4 is 22.4 Å². The van der Waals surface area contributed by atoms with E-state index in [1.807, 2.05) is 19.2 Å². The maximum Gasteiger partial charge on any atom is 0.340 e. The van der Waals surface area contributed by atoms with Gasteiger partial charge in [0.2, 0.25) is 0 Å². The van der Waals surface area contributed by atoms with E-state index < -0.39 is 0 Å². The van der Waals surface area contributed by atoms with Crippen molar-refractivity contribution in [1.29, 1.82) is 0 Å². The molecule has 0 aromatic carbocycles. The van der Waals surface area contributed by atoms with Crippen molar-refractivity contribution in [2.45, 2.75) is 20.8 Å². The lowest BCUT2D eigenvalue weighted by Crippen LogP contribution is -2.07. The summed E-state index contributed by atoms with van der Waals surface area (Å²) in [4.78, 5) is 19.8. The molecule has 0 aliphatic carbocycles. The zero-order chi connectivity index (χ0) is 16.1. The Hall–Kier alpha value is -1.86. The molecule has 6 nitrogen and oxygen atoms in total. The van der Waals surface area contributed by atoms with Crippen molar-refractivity contribution < 1.29 is 14.3 Å². The maximum absolute atomic E-state index is 12.0. The quantitative estimate of drug-likeness (QED) is 0.605. The monoisotopic (exact) mass is 323 g/mol. The Morgan fingerprint density at radius 3 is 2.91 bits per heavy atom. The molecule has 0 fully saturated rings. The number of hydrogen-bond acceptors (Lipinski definition) is 6. The van der Waals surface area contributed by atoms with Gasteiger partial charge in [-0.05, 0) is 26.3 Å². The van der Waals surface area contributed by atoms with E-state index in [0.29, 0.717) is 25.3 Å². The van der Waals surface area contributed by atoms with Gasteiger partial charge in [0.15, 0.2) is 5.13 Å². The number of anilines is 1. The minimum Gasteiger partial charge on any atom is -0.462 e. The third-order valence-electron chi connectivity index (χ3n) is 3.26. The second-order valence-electron chi connectivity index (χ2n) is 4.80. The molecule has 0 unspecified atom stereocenters. The van der Waals surface area contributed by atoms with Gasteiger partial charge in [-0.15, -0.1) is 11.3 Å². The second kappa shape index (κ2) is 7.42. The van der Waals surface area contributed by atoms with Crippen LogP contribution >= 0.6 is 11.3 Å². The van der Waals surface area contributed by atoms with Gasteiger partial charge in [-0.25, -0.2) is 9.78 Å². The molecule has 0 saturated heterocycles. The fraction of sp³-hybridized carbons (Fsp3) is 0.467. The summed E-state index contributed by atoms with van der Waals surface area (Å²) < 4.78 is 10.1. The minimum absolute atomic E-state index is 0.298. The van der Waals surface area contributed by atoms with Crippen LogP contribution in [0.2, 0.25) is 0 Å². The largest absolute Gasteiger partial charge is 0.462 e. The maximum atomic E-state index is 12.0. The van der Waals surface area contributed by atoms with E-state index in [2.05, 4.69) is 15.3 Å². The summed E-state index contributed by atoms with van der Waals surface area (Å²) in [5.74, 6) is -0.298. The summed E-state index contributed by atoms with van der Waals surface area (Å²) in [6, 6.07) is 0. The van der Waals surface area contributed by atoms with E-state index in [0.717, 1.165) is 27.8 Å². The highest BCUT2D eigenvalue weighted by Crippen LogP contribution is 2.30. The average molecular weight is 323 g/mol. The third kappa shape index (κ3) is 3.48. The van der Waals surface area contributed by atoms with E-state index >= 15 is 0 Å². The Morgan fingerprint density at radius 2 is 2.23 bits per heavy atom. The number of ether oxygens (including phenoxy) is 2. The van der Waals surface area contributed by atoms with Gasteiger partial charge < -0.3 is 19.8 Å². The van der Waals surface area contributed by atoms with Crippen LogP contribution in [0.4, 0.5) is 5.13 Å². The predicted molar refractivity (Wildman–Crippen MR) is 87.7 cm³/mol. The summed E-state index contributed by atoms with van der Waals surface area (Å²) in [7, 11) is 1.66. The number of aromatic amines is 1. The van der Waals surface area contributed by atoms with Gasteiger partial charge in [0.05, 0.1) is 24.5 Å². The van der Waals surface area contributed by atoms with E-state index in [9.17, 15) is 4.79 Å². The molecule has 2 aromatic heterocycles. The first-order chi connectivity index (χ1) is 10.6. The number of thiazole rings is 1. The highest BCUT2D eigenvalue weighted by Gasteiger charge is 2.21. The Labute approximate surface area is 133 Å². The normalized spacial score (nSPS) is 10.7. The van der Waals surface area contributed by atoms with E-state index in [1.54, 1.807) is 14.0 Å². The van der Waals surface area contributed by atoms with Crippen LogP contribution in [0.25, 0.3) is 11.4 Å². The second-order valence-corrected chi connectivity index (χ2v) is 5.66. The highest BCUT2D eigenvalue weighted by molar-refractivity contribution is 7.14. The molecule has 7 heteroatoms. The molecule has 0 spiro atoms. The standard InChI is InChI=1S/C15H21N3O3S/c1-5-21-14(19)12-9(2)13(17-10(12)3)11-8-22-15(18-11)16-6-7-20-4/h8,17H,5-7H2,1-4H3,(H,16,18). The van der Waals surface area contributed by atoms with E-state index in [1.165, 1.54) is 11.3 Å². The number of nitrogens with one attached hydrogen (secondary N) is 2. The van der Waals surface area contributed by atoms with Gasteiger partial charge in [-0.3, -0.25) is 0 Å². The summed E-state index contributed by atoms with van der Waals surface area (Å²) in [5.41, 5.74) is 3.94. The molecule has 0 aliphatic rings. The van der Waals surface area contributed by atoms with Crippen LogP contribution < -0.4 is 5.32 Å². The molecule has 0 bridgehead atoms. The minimum atomic E-state index is -0.298. The van der Waals surface area contributed by atoms with Crippen molar-refractivity contribution in [3.63, 3.8) is 0 Å². The van der Waals surface area contributed by atoms with Gasteiger partial charge in [0.1, 0.15) is 5.69 Å². The number of carbonyl (C=O) groups excluding carboxylic acids is 1. The first kappa shape index (κ1) is 16.5.